The first-order valence-corrected chi connectivity index (χ1v) is 11.4. The molecule has 33 heavy (non-hydrogen) atoms. The quantitative estimate of drug-likeness (QED) is 0.380. The maximum atomic E-state index is 13.0. The summed E-state index contributed by atoms with van der Waals surface area (Å²) in [4.78, 5) is 21.9. The van der Waals surface area contributed by atoms with Crippen molar-refractivity contribution < 1.29 is 4.79 Å². The molecule has 3 heterocycles. The zero-order valence-corrected chi connectivity index (χ0v) is 19.0. The first-order valence-electron chi connectivity index (χ1n) is 10.4. The Balaban J connectivity index is 1.31. The van der Waals surface area contributed by atoms with Gasteiger partial charge in [0, 0.05) is 35.0 Å². The Labute approximate surface area is 194 Å². The molecule has 1 amide bonds. The Bertz CT molecular complexity index is 1440. The van der Waals surface area contributed by atoms with Crippen LogP contribution in [0.2, 0.25) is 0 Å². The van der Waals surface area contributed by atoms with Gasteiger partial charge in [0.25, 0.3) is 11.7 Å². The van der Waals surface area contributed by atoms with Crippen molar-refractivity contribution in [2.24, 2.45) is 0 Å². The molecule has 0 saturated heterocycles. The van der Waals surface area contributed by atoms with E-state index in [4.69, 9.17) is 0 Å². The number of anilines is 1. The lowest BCUT2D eigenvalue weighted by molar-refractivity contribution is 0.102. The highest BCUT2D eigenvalue weighted by molar-refractivity contribution is 7.98. The Morgan fingerprint density at radius 3 is 2.61 bits per heavy atom. The number of benzene rings is 2. The maximum absolute atomic E-state index is 13.0. The molecular formula is C24H21N7OS. The summed E-state index contributed by atoms with van der Waals surface area (Å²) >= 11 is 1.47. The van der Waals surface area contributed by atoms with E-state index in [1.165, 1.54) is 11.8 Å². The van der Waals surface area contributed by atoms with Crippen LogP contribution in [-0.4, -0.2) is 35.3 Å². The summed E-state index contributed by atoms with van der Waals surface area (Å²) < 4.78 is 3.46. The number of carbonyl (C=O) groups is 1. The molecule has 164 valence electrons. The largest absolute Gasteiger partial charge is 0.305 e. The maximum Gasteiger partial charge on any atom is 0.257 e. The number of amides is 1. The number of nitrogens with one attached hydrogen (secondary N) is 1. The highest BCUT2D eigenvalue weighted by atomic mass is 32.2. The number of hydrogen-bond acceptors (Lipinski definition) is 6. The van der Waals surface area contributed by atoms with E-state index in [1.807, 2.05) is 80.7 Å². The lowest BCUT2D eigenvalue weighted by atomic mass is 10.1. The molecule has 9 heteroatoms. The number of aryl methyl sites for hydroxylation is 2. The highest BCUT2D eigenvalue weighted by Crippen LogP contribution is 2.23. The topological polar surface area (TPSA) is 90.0 Å². The summed E-state index contributed by atoms with van der Waals surface area (Å²) in [6.07, 6.45) is 1.82. The number of nitrogens with zero attached hydrogens (tertiary/aromatic N) is 6. The molecule has 0 unspecified atom stereocenters. The summed E-state index contributed by atoms with van der Waals surface area (Å²) in [7, 11) is 0. The van der Waals surface area contributed by atoms with Crippen LogP contribution < -0.4 is 5.32 Å². The van der Waals surface area contributed by atoms with Gasteiger partial charge in [-0.15, -0.1) is 5.10 Å². The van der Waals surface area contributed by atoms with E-state index in [0.29, 0.717) is 28.1 Å². The number of fused-ring (bicyclic) bond motifs is 1. The number of aromatic nitrogens is 6. The Morgan fingerprint density at radius 1 is 0.970 bits per heavy atom. The minimum Gasteiger partial charge on any atom is -0.305 e. The van der Waals surface area contributed by atoms with Gasteiger partial charge in [0.15, 0.2) is 5.82 Å². The number of hydrogen-bond donors (Lipinski definition) is 1. The van der Waals surface area contributed by atoms with Crippen LogP contribution in [0.1, 0.15) is 27.3 Å². The highest BCUT2D eigenvalue weighted by Gasteiger charge is 2.15. The van der Waals surface area contributed by atoms with Crippen molar-refractivity contribution in [1.82, 2.24) is 29.4 Å². The number of para-hydroxylation sites is 1. The molecule has 2 aromatic carbocycles. The van der Waals surface area contributed by atoms with E-state index >= 15 is 0 Å². The lowest BCUT2D eigenvalue weighted by Crippen LogP contribution is -2.14. The zero-order chi connectivity index (χ0) is 22.8. The first-order chi connectivity index (χ1) is 16.1. The smallest absolute Gasteiger partial charge is 0.257 e. The van der Waals surface area contributed by atoms with Gasteiger partial charge in [-0.3, -0.25) is 4.79 Å². The van der Waals surface area contributed by atoms with Crippen molar-refractivity contribution in [1.29, 1.82) is 0 Å². The van der Waals surface area contributed by atoms with Crippen molar-refractivity contribution in [2.75, 3.05) is 5.32 Å². The summed E-state index contributed by atoms with van der Waals surface area (Å²) in [6, 6.07) is 21.0. The van der Waals surface area contributed by atoms with Gasteiger partial charge in [0.1, 0.15) is 0 Å². The molecule has 0 bridgehead atoms. The molecule has 0 atom stereocenters. The Hall–Kier alpha value is -3.98. The van der Waals surface area contributed by atoms with Crippen molar-refractivity contribution >= 4 is 29.3 Å². The van der Waals surface area contributed by atoms with Gasteiger partial charge in [-0.1, -0.05) is 48.2 Å². The molecular weight excluding hydrogens is 434 g/mol. The Morgan fingerprint density at radius 2 is 1.76 bits per heavy atom. The second-order valence-electron chi connectivity index (χ2n) is 7.53. The molecule has 0 aliphatic carbocycles. The van der Waals surface area contributed by atoms with Crippen LogP contribution in [0.25, 0.3) is 11.5 Å². The molecule has 0 fully saturated rings. The van der Waals surface area contributed by atoms with Crippen molar-refractivity contribution in [3.8, 4) is 5.69 Å². The third kappa shape index (κ3) is 4.49. The second-order valence-corrected chi connectivity index (χ2v) is 8.47. The third-order valence-corrected chi connectivity index (χ3v) is 5.96. The normalized spacial score (nSPS) is 11.1. The van der Waals surface area contributed by atoms with E-state index in [2.05, 4.69) is 25.5 Å². The van der Waals surface area contributed by atoms with E-state index in [-0.39, 0.29) is 5.91 Å². The van der Waals surface area contributed by atoms with Crippen LogP contribution in [0.3, 0.4) is 0 Å². The number of rotatable bonds is 6. The van der Waals surface area contributed by atoms with E-state index in [1.54, 1.807) is 15.3 Å². The van der Waals surface area contributed by atoms with Crippen LogP contribution in [0, 0.1) is 13.8 Å². The molecule has 0 saturated carbocycles. The average Bonchev–Trinajstić information content (AvgIpc) is 3.45. The molecule has 3 aromatic heterocycles. The SMILES string of the molecule is Cc1cc(C)n2nc(SCc3ccccc3C(=O)Nc3ccn(-c4ccccc4)n3)nc2n1. The molecule has 0 aliphatic rings. The monoisotopic (exact) mass is 455 g/mol. The van der Waals surface area contributed by atoms with Crippen LogP contribution in [0.15, 0.2) is 78.1 Å². The molecule has 5 rings (SSSR count). The van der Waals surface area contributed by atoms with Crippen molar-refractivity contribution in [2.45, 2.75) is 24.8 Å². The third-order valence-electron chi connectivity index (χ3n) is 5.07. The van der Waals surface area contributed by atoms with Crippen LogP contribution >= 0.6 is 11.8 Å². The second kappa shape index (κ2) is 8.87. The summed E-state index contributed by atoms with van der Waals surface area (Å²) in [6.45, 7) is 3.91. The van der Waals surface area contributed by atoms with E-state index in [9.17, 15) is 4.79 Å². The van der Waals surface area contributed by atoms with Crippen molar-refractivity contribution in [3.05, 3.63) is 95.4 Å². The number of thioether (sulfide) groups is 1. The minimum absolute atomic E-state index is 0.208. The Kier molecular flexibility index (Phi) is 5.62. The van der Waals surface area contributed by atoms with Gasteiger partial charge < -0.3 is 5.32 Å². The summed E-state index contributed by atoms with van der Waals surface area (Å²) in [5, 5.41) is 12.5. The predicted molar refractivity (Wildman–Crippen MR) is 128 cm³/mol. The number of carbonyl (C=O) groups excluding carboxylic acids is 1. The fraction of sp³-hybridized carbons (Fsp3) is 0.125. The van der Waals surface area contributed by atoms with Crippen LogP contribution in [0.4, 0.5) is 5.82 Å². The van der Waals surface area contributed by atoms with Gasteiger partial charge in [0.05, 0.1) is 5.69 Å². The van der Waals surface area contributed by atoms with Gasteiger partial charge in [0.2, 0.25) is 5.16 Å². The molecule has 0 aliphatic heterocycles. The fourth-order valence-electron chi connectivity index (χ4n) is 3.52. The lowest BCUT2D eigenvalue weighted by Gasteiger charge is -2.08. The first kappa shape index (κ1) is 20.9. The summed E-state index contributed by atoms with van der Waals surface area (Å²) in [5.41, 5.74) is 4.29. The summed E-state index contributed by atoms with van der Waals surface area (Å²) in [5.74, 6) is 1.41. The fourth-order valence-corrected chi connectivity index (χ4v) is 4.34. The average molecular weight is 456 g/mol. The van der Waals surface area contributed by atoms with Crippen LogP contribution in [0.5, 0.6) is 0 Å². The molecule has 0 spiro atoms. The molecule has 8 nitrogen and oxygen atoms in total. The standard InChI is InChI=1S/C24H21N7OS/c1-16-14-17(2)31-23(25-16)27-24(29-31)33-15-18-8-6-7-11-20(18)22(32)26-21-12-13-30(28-21)19-9-4-3-5-10-19/h3-14H,15H2,1-2H3,(H,26,28,32). The van der Waals surface area contributed by atoms with Gasteiger partial charge in [-0.25, -0.2) is 14.2 Å². The van der Waals surface area contributed by atoms with E-state index in [0.717, 1.165) is 22.6 Å². The molecule has 0 radical (unpaired) electrons. The van der Waals surface area contributed by atoms with Crippen LogP contribution in [-0.2, 0) is 5.75 Å². The van der Waals surface area contributed by atoms with Crippen molar-refractivity contribution in [3.63, 3.8) is 0 Å². The van der Waals surface area contributed by atoms with E-state index < -0.39 is 0 Å². The van der Waals surface area contributed by atoms with Gasteiger partial charge >= 0.3 is 0 Å². The zero-order valence-electron chi connectivity index (χ0n) is 18.1. The molecule has 5 aromatic rings. The molecule has 1 N–H and O–H groups in total. The minimum atomic E-state index is -0.208. The predicted octanol–water partition coefficient (Wildman–Crippen LogP) is 4.47. The van der Waals surface area contributed by atoms with Gasteiger partial charge in [-0.2, -0.15) is 10.1 Å². The van der Waals surface area contributed by atoms with Gasteiger partial charge in [-0.05, 0) is 43.7 Å².